The molecule has 0 saturated carbocycles. The van der Waals surface area contributed by atoms with Gasteiger partial charge in [-0.3, -0.25) is 9.59 Å². The highest BCUT2D eigenvalue weighted by molar-refractivity contribution is 14.1. The van der Waals surface area contributed by atoms with Crippen molar-refractivity contribution in [1.29, 1.82) is 0 Å². The summed E-state index contributed by atoms with van der Waals surface area (Å²) in [5.74, 6) is 1.25. The van der Waals surface area contributed by atoms with Crippen LogP contribution >= 0.6 is 22.6 Å². The van der Waals surface area contributed by atoms with Crippen molar-refractivity contribution < 1.29 is 19.1 Å². The summed E-state index contributed by atoms with van der Waals surface area (Å²) < 4.78 is 13.4. The Hall–Kier alpha value is -3.39. The van der Waals surface area contributed by atoms with Crippen LogP contribution in [0.1, 0.15) is 73.6 Å². The predicted octanol–water partition coefficient (Wildman–Crippen LogP) is 8.19. The first kappa shape index (κ1) is 28.7. The van der Waals surface area contributed by atoms with E-state index < -0.39 is 0 Å². The SMILES string of the molecule is CCOc1cc(C2C3=C(CCCC3=O)N(Cc3ccccc3)C3=C2C(=O)CCC3)cc(I)c1OCc1ccc(C)cc1. The lowest BCUT2D eigenvalue weighted by Crippen LogP contribution is -2.38. The average Bonchev–Trinajstić information content (AvgIpc) is 2.99. The van der Waals surface area contributed by atoms with Crippen LogP contribution in [-0.4, -0.2) is 23.1 Å². The summed E-state index contributed by atoms with van der Waals surface area (Å²) in [5.41, 5.74) is 8.14. The minimum Gasteiger partial charge on any atom is -0.490 e. The van der Waals surface area contributed by atoms with Gasteiger partial charge >= 0.3 is 0 Å². The zero-order valence-electron chi connectivity index (χ0n) is 24.3. The molecule has 5 nitrogen and oxygen atoms in total. The number of hydrogen-bond acceptors (Lipinski definition) is 5. The van der Waals surface area contributed by atoms with E-state index >= 15 is 0 Å². The number of nitrogens with zero attached hydrogens (tertiary/aromatic N) is 1. The Labute approximate surface area is 261 Å². The number of aryl methyl sites for hydroxylation is 1. The maximum atomic E-state index is 13.8. The van der Waals surface area contributed by atoms with Crippen LogP contribution in [0.4, 0.5) is 0 Å². The first-order chi connectivity index (χ1) is 20.4. The monoisotopic (exact) mass is 673 g/mol. The topological polar surface area (TPSA) is 55.8 Å². The van der Waals surface area contributed by atoms with E-state index in [-0.39, 0.29) is 17.5 Å². The second-order valence-electron chi connectivity index (χ2n) is 11.3. The minimum absolute atomic E-state index is 0.150. The molecule has 0 bridgehead atoms. The smallest absolute Gasteiger partial charge is 0.174 e. The molecule has 0 aromatic heterocycles. The Morgan fingerprint density at radius 3 is 2.07 bits per heavy atom. The molecule has 216 valence electrons. The van der Waals surface area contributed by atoms with Gasteiger partial charge in [-0.1, -0.05) is 60.2 Å². The van der Waals surface area contributed by atoms with E-state index in [0.717, 1.165) is 62.9 Å². The molecule has 6 rings (SSSR count). The van der Waals surface area contributed by atoms with E-state index in [1.54, 1.807) is 0 Å². The van der Waals surface area contributed by atoms with Crippen LogP contribution < -0.4 is 9.47 Å². The van der Waals surface area contributed by atoms with E-state index in [0.29, 0.717) is 44.1 Å². The van der Waals surface area contributed by atoms with Gasteiger partial charge in [-0.2, -0.15) is 0 Å². The maximum Gasteiger partial charge on any atom is 0.174 e. The zero-order chi connectivity index (χ0) is 29.2. The number of hydrogen-bond donors (Lipinski definition) is 0. The van der Waals surface area contributed by atoms with Crippen LogP contribution in [0.5, 0.6) is 11.5 Å². The minimum atomic E-state index is -0.388. The lowest BCUT2D eigenvalue weighted by Gasteiger charge is -2.44. The number of ether oxygens (including phenoxy) is 2. The van der Waals surface area contributed by atoms with Crippen LogP contribution in [0, 0.1) is 10.5 Å². The second kappa shape index (κ2) is 12.5. The molecule has 0 atom stereocenters. The summed E-state index contributed by atoms with van der Waals surface area (Å²) in [6, 6.07) is 22.8. The van der Waals surface area contributed by atoms with Gasteiger partial charge in [0.25, 0.3) is 0 Å². The van der Waals surface area contributed by atoms with Gasteiger partial charge in [-0.15, -0.1) is 0 Å². The number of rotatable bonds is 8. The van der Waals surface area contributed by atoms with Crippen molar-refractivity contribution in [2.75, 3.05) is 6.61 Å². The molecule has 0 spiro atoms. The third kappa shape index (κ3) is 5.65. The number of carbonyl (C=O) groups is 2. The van der Waals surface area contributed by atoms with E-state index in [1.165, 1.54) is 11.1 Å². The van der Waals surface area contributed by atoms with Crippen LogP contribution in [0.15, 0.2) is 89.3 Å². The molecule has 3 aromatic carbocycles. The van der Waals surface area contributed by atoms with Crippen LogP contribution in [0.25, 0.3) is 0 Å². The Kier molecular flexibility index (Phi) is 8.52. The highest BCUT2D eigenvalue weighted by Gasteiger charge is 2.43. The molecule has 0 N–H and O–H groups in total. The van der Waals surface area contributed by atoms with Crippen molar-refractivity contribution in [2.24, 2.45) is 0 Å². The maximum absolute atomic E-state index is 13.8. The first-order valence-electron chi connectivity index (χ1n) is 14.9. The Balaban J connectivity index is 1.45. The lowest BCUT2D eigenvalue weighted by atomic mass is 9.71. The molecule has 0 radical (unpaired) electrons. The van der Waals surface area contributed by atoms with Gasteiger partial charge in [0, 0.05) is 47.8 Å². The lowest BCUT2D eigenvalue weighted by molar-refractivity contribution is -0.117. The number of ketones is 2. The molecule has 2 aliphatic carbocycles. The number of benzene rings is 3. The summed E-state index contributed by atoms with van der Waals surface area (Å²) in [4.78, 5) is 29.8. The predicted molar refractivity (Wildman–Crippen MR) is 172 cm³/mol. The van der Waals surface area contributed by atoms with Crippen LogP contribution in [0.3, 0.4) is 0 Å². The van der Waals surface area contributed by atoms with Gasteiger partial charge in [0.2, 0.25) is 0 Å². The van der Waals surface area contributed by atoms with Gasteiger partial charge in [0.05, 0.1) is 10.2 Å². The van der Waals surface area contributed by atoms with Crippen molar-refractivity contribution in [3.05, 3.63) is 115 Å². The van der Waals surface area contributed by atoms with E-state index in [4.69, 9.17) is 9.47 Å². The first-order valence-corrected chi connectivity index (χ1v) is 16.0. The molecule has 1 aliphatic heterocycles. The fourth-order valence-corrected chi connectivity index (χ4v) is 7.29. The Morgan fingerprint density at radius 2 is 1.45 bits per heavy atom. The summed E-state index contributed by atoms with van der Waals surface area (Å²) in [5, 5.41) is 0. The molecule has 3 aliphatic rings. The fourth-order valence-electron chi connectivity index (χ4n) is 6.50. The summed E-state index contributed by atoms with van der Waals surface area (Å²) in [6.45, 7) is 5.60. The molecule has 0 fully saturated rings. The van der Waals surface area contributed by atoms with Crippen molar-refractivity contribution in [1.82, 2.24) is 4.90 Å². The third-order valence-electron chi connectivity index (χ3n) is 8.44. The van der Waals surface area contributed by atoms with E-state index in [9.17, 15) is 9.59 Å². The molecule has 0 saturated heterocycles. The third-order valence-corrected chi connectivity index (χ3v) is 9.24. The number of carbonyl (C=O) groups excluding carboxylic acids is 2. The molecule has 0 unspecified atom stereocenters. The largest absolute Gasteiger partial charge is 0.490 e. The molecule has 6 heteroatoms. The molecule has 42 heavy (non-hydrogen) atoms. The highest BCUT2D eigenvalue weighted by Crippen LogP contribution is 2.51. The van der Waals surface area contributed by atoms with Crippen molar-refractivity contribution in [2.45, 2.75) is 71.4 Å². The van der Waals surface area contributed by atoms with Crippen molar-refractivity contribution in [3.63, 3.8) is 0 Å². The summed E-state index contributed by atoms with van der Waals surface area (Å²) in [6.07, 6.45) is 4.36. The fraction of sp³-hybridized carbons (Fsp3) is 0.333. The van der Waals surface area contributed by atoms with Crippen molar-refractivity contribution in [3.8, 4) is 11.5 Å². The number of Topliss-reactive ketones (excluding diaryl/α,β-unsaturated/α-hetero) is 2. The second-order valence-corrected chi connectivity index (χ2v) is 12.5. The van der Waals surface area contributed by atoms with Crippen LogP contribution in [0.2, 0.25) is 0 Å². The van der Waals surface area contributed by atoms with E-state index in [2.05, 4.69) is 76.9 Å². The molecule has 1 heterocycles. The number of halogens is 1. The van der Waals surface area contributed by atoms with Gasteiger partial charge in [0.1, 0.15) is 6.61 Å². The van der Waals surface area contributed by atoms with Crippen LogP contribution in [-0.2, 0) is 22.7 Å². The normalized spacial score (nSPS) is 17.4. The highest BCUT2D eigenvalue weighted by atomic mass is 127. The molecular formula is C36H36INO4. The molecule has 0 amide bonds. The van der Waals surface area contributed by atoms with Crippen molar-refractivity contribution >= 4 is 34.2 Å². The molecule has 3 aromatic rings. The zero-order valence-corrected chi connectivity index (χ0v) is 26.4. The quantitative estimate of drug-likeness (QED) is 0.226. The van der Waals surface area contributed by atoms with Gasteiger partial charge in [-0.05, 0) is 90.9 Å². The average molecular weight is 674 g/mol. The Bertz CT molecular complexity index is 1530. The Morgan fingerprint density at radius 1 is 0.810 bits per heavy atom. The molecular weight excluding hydrogens is 637 g/mol. The van der Waals surface area contributed by atoms with Gasteiger partial charge in [0.15, 0.2) is 23.1 Å². The number of allylic oxidation sites excluding steroid dienone is 4. The standard InChI is InChI=1S/C36H36INO4/c1-3-41-32-20-26(19-27(37)36(32)42-22-25-17-15-23(2)16-18-25)33-34-28(11-7-13-30(34)39)38(21-24-9-5-4-6-10-24)29-12-8-14-31(40)35(29)33/h4-6,9-10,15-20,33H,3,7-8,11-14,21-22H2,1-2H3. The van der Waals surface area contributed by atoms with Gasteiger partial charge in [-0.25, -0.2) is 0 Å². The summed E-state index contributed by atoms with van der Waals surface area (Å²) in [7, 11) is 0. The van der Waals surface area contributed by atoms with E-state index in [1.807, 2.05) is 31.2 Å². The summed E-state index contributed by atoms with van der Waals surface area (Å²) >= 11 is 2.30. The van der Waals surface area contributed by atoms with Gasteiger partial charge < -0.3 is 14.4 Å².